The van der Waals surface area contributed by atoms with Crippen LogP contribution >= 0.6 is 0 Å². The van der Waals surface area contributed by atoms with Gasteiger partial charge in [-0.2, -0.15) is 0 Å². The molecule has 2 bridgehead atoms. The van der Waals surface area contributed by atoms with Crippen LogP contribution in [-0.2, 0) is 38.1 Å². The lowest BCUT2D eigenvalue weighted by molar-refractivity contribution is -0.298. The number of fused-ring (bicyclic) bond motifs is 1. The summed E-state index contributed by atoms with van der Waals surface area (Å²) in [6, 6.07) is 8.59. The smallest absolute Gasteiger partial charge is 0.338 e. The molecular weight excluding hydrogens is 480 g/mol. The van der Waals surface area contributed by atoms with E-state index in [2.05, 4.69) is 0 Å². The molecular formula is C28H36O9. The zero-order valence-corrected chi connectivity index (χ0v) is 22.3. The molecule has 0 aromatic heterocycles. The van der Waals surface area contributed by atoms with E-state index in [0.29, 0.717) is 24.8 Å². The maximum atomic E-state index is 13.4. The zero-order valence-electron chi connectivity index (χ0n) is 22.3. The first-order valence-corrected chi connectivity index (χ1v) is 12.8. The van der Waals surface area contributed by atoms with E-state index in [-0.39, 0.29) is 18.4 Å². The highest BCUT2D eigenvalue weighted by Gasteiger charge is 2.78. The van der Waals surface area contributed by atoms with Crippen molar-refractivity contribution in [3.05, 3.63) is 35.9 Å². The van der Waals surface area contributed by atoms with Gasteiger partial charge in [0.2, 0.25) is 0 Å². The summed E-state index contributed by atoms with van der Waals surface area (Å²) < 4.78 is 30.4. The van der Waals surface area contributed by atoms with Crippen LogP contribution in [0.3, 0.4) is 0 Å². The number of benzene rings is 1. The molecule has 4 rings (SSSR count). The van der Waals surface area contributed by atoms with Crippen LogP contribution in [0, 0.1) is 17.3 Å². The molecule has 9 nitrogen and oxygen atoms in total. The van der Waals surface area contributed by atoms with Gasteiger partial charge in [-0.1, -0.05) is 25.1 Å². The molecule has 9 heteroatoms. The SMILES string of the molecule is CC(=O)OCC12C(OC(=O)c3ccccc3)CC3CC1(OC3(C)C)C(C)CC(OC(C)=O)C2OC(C)=O. The van der Waals surface area contributed by atoms with Crippen molar-refractivity contribution in [3.63, 3.8) is 0 Å². The van der Waals surface area contributed by atoms with Gasteiger partial charge in [-0.25, -0.2) is 4.79 Å². The highest BCUT2D eigenvalue weighted by Crippen LogP contribution is 2.67. The van der Waals surface area contributed by atoms with Crippen molar-refractivity contribution in [3.8, 4) is 0 Å². The predicted molar refractivity (Wildman–Crippen MR) is 130 cm³/mol. The van der Waals surface area contributed by atoms with Gasteiger partial charge in [0.25, 0.3) is 0 Å². The van der Waals surface area contributed by atoms with Crippen LogP contribution in [0.4, 0.5) is 0 Å². The average Bonchev–Trinajstić information content (AvgIpc) is 3.04. The van der Waals surface area contributed by atoms with Crippen molar-refractivity contribution in [2.24, 2.45) is 17.3 Å². The number of esters is 4. The van der Waals surface area contributed by atoms with Gasteiger partial charge >= 0.3 is 23.9 Å². The number of ether oxygens (including phenoxy) is 5. The number of hydrogen-bond donors (Lipinski definition) is 0. The Labute approximate surface area is 217 Å². The minimum Gasteiger partial charge on any atom is -0.465 e. The van der Waals surface area contributed by atoms with E-state index in [1.54, 1.807) is 30.3 Å². The normalized spacial score (nSPS) is 35.6. The third kappa shape index (κ3) is 4.62. The molecule has 1 spiro atoms. The zero-order chi connectivity index (χ0) is 27.2. The summed E-state index contributed by atoms with van der Waals surface area (Å²) in [7, 11) is 0. The van der Waals surface area contributed by atoms with Crippen LogP contribution in [-0.4, -0.2) is 60.0 Å². The highest BCUT2D eigenvalue weighted by atomic mass is 16.6. The Hall–Kier alpha value is -2.94. The predicted octanol–water partition coefficient (Wildman–Crippen LogP) is 3.62. The Balaban J connectivity index is 1.91. The lowest BCUT2D eigenvalue weighted by Gasteiger charge is -2.62. The number of carbonyl (C=O) groups excluding carboxylic acids is 4. The quantitative estimate of drug-likeness (QED) is 0.413. The monoisotopic (exact) mass is 516 g/mol. The molecule has 202 valence electrons. The molecule has 2 aliphatic carbocycles. The van der Waals surface area contributed by atoms with E-state index in [9.17, 15) is 19.2 Å². The van der Waals surface area contributed by atoms with Gasteiger partial charge in [0.15, 0.2) is 6.10 Å². The summed E-state index contributed by atoms with van der Waals surface area (Å²) in [5.74, 6) is -2.40. The molecule has 0 amide bonds. The summed E-state index contributed by atoms with van der Waals surface area (Å²) in [5, 5.41) is 0. The molecule has 3 fully saturated rings. The molecule has 1 aromatic rings. The Morgan fingerprint density at radius 2 is 1.57 bits per heavy atom. The van der Waals surface area contributed by atoms with Gasteiger partial charge in [0.1, 0.15) is 24.2 Å². The standard InChI is InChI=1S/C28H36O9/c1-16-12-22(34-18(3)30)24(35-19(4)31)27(15-33-17(2)29)23(36-25(32)20-10-8-7-9-11-20)13-21-14-28(16,27)37-26(21,5)6/h7-11,16,21-24H,12-15H2,1-6H3. The molecule has 1 aromatic carbocycles. The van der Waals surface area contributed by atoms with Gasteiger partial charge in [-0.15, -0.1) is 0 Å². The molecule has 7 atom stereocenters. The lowest BCUT2D eigenvalue weighted by atomic mass is 9.49. The Morgan fingerprint density at radius 3 is 2.16 bits per heavy atom. The highest BCUT2D eigenvalue weighted by molar-refractivity contribution is 5.89. The second-order valence-electron chi connectivity index (χ2n) is 11.1. The van der Waals surface area contributed by atoms with Crippen LogP contribution in [0.1, 0.15) is 71.2 Å². The molecule has 3 aliphatic rings. The molecule has 1 aliphatic heterocycles. The van der Waals surface area contributed by atoms with Crippen LogP contribution in [0.2, 0.25) is 0 Å². The van der Waals surface area contributed by atoms with Crippen molar-refractivity contribution < 1.29 is 42.9 Å². The summed E-state index contributed by atoms with van der Waals surface area (Å²) in [6.45, 7) is 9.59. The maximum Gasteiger partial charge on any atom is 0.338 e. The summed E-state index contributed by atoms with van der Waals surface area (Å²) in [5.41, 5.74) is -2.52. The van der Waals surface area contributed by atoms with Gasteiger partial charge in [-0.3, -0.25) is 14.4 Å². The Kier molecular flexibility index (Phi) is 7.14. The number of hydrogen-bond acceptors (Lipinski definition) is 9. The van der Waals surface area contributed by atoms with Crippen LogP contribution in [0.15, 0.2) is 30.3 Å². The van der Waals surface area contributed by atoms with E-state index < -0.39 is 58.8 Å². The summed E-state index contributed by atoms with van der Waals surface area (Å²) in [4.78, 5) is 50.1. The van der Waals surface area contributed by atoms with Crippen molar-refractivity contribution in [2.75, 3.05) is 6.61 Å². The first kappa shape index (κ1) is 27.1. The lowest BCUT2D eigenvalue weighted by Crippen LogP contribution is -2.74. The largest absolute Gasteiger partial charge is 0.465 e. The number of carbonyl (C=O) groups is 4. The Morgan fingerprint density at radius 1 is 0.919 bits per heavy atom. The Bertz CT molecular complexity index is 1070. The van der Waals surface area contributed by atoms with E-state index in [1.165, 1.54) is 20.8 Å². The van der Waals surface area contributed by atoms with Crippen molar-refractivity contribution in [1.29, 1.82) is 0 Å². The van der Waals surface area contributed by atoms with E-state index in [4.69, 9.17) is 23.7 Å². The first-order valence-electron chi connectivity index (χ1n) is 12.8. The van der Waals surface area contributed by atoms with Crippen molar-refractivity contribution >= 4 is 23.9 Å². The van der Waals surface area contributed by atoms with E-state index in [0.717, 1.165) is 0 Å². The van der Waals surface area contributed by atoms with E-state index >= 15 is 0 Å². The van der Waals surface area contributed by atoms with Crippen molar-refractivity contribution in [2.45, 2.75) is 90.3 Å². The van der Waals surface area contributed by atoms with E-state index in [1.807, 2.05) is 20.8 Å². The van der Waals surface area contributed by atoms with Gasteiger partial charge < -0.3 is 23.7 Å². The average molecular weight is 517 g/mol. The number of rotatable bonds is 6. The molecule has 0 radical (unpaired) electrons. The van der Waals surface area contributed by atoms with Gasteiger partial charge in [0.05, 0.1) is 16.8 Å². The minimum atomic E-state index is -1.32. The molecule has 1 heterocycles. The fourth-order valence-electron chi connectivity index (χ4n) is 6.90. The van der Waals surface area contributed by atoms with Crippen molar-refractivity contribution in [1.82, 2.24) is 0 Å². The molecule has 2 saturated carbocycles. The molecule has 37 heavy (non-hydrogen) atoms. The third-order valence-electron chi connectivity index (χ3n) is 8.45. The van der Waals surface area contributed by atoms with Gasteiger partial charge in [0, 0.05) is 20.8 Å². The van der Waals surface area contributed by atoms with Gasteiger partial charge in [-0.05, 0) is 57.1 Å². The van der Waals surface area contributed by atoms with Crippen LogP contribution < -0.4 is 0 Å². The second kappa shape index (κ2) is 9.74. The van der Waals surface area contributed by atoms with Crippen LogP contribution in [0.5, 0.6) is 0 Å². The maximum absolute atomic E-state index is 13.4. The minimum absolute atomic E-state index is 0.0252. The second-order valence-corrected chi connectivity index (χ2v) is 11.1. The summed E-state index contributed by atoms with van der Waals surface area (Å²) >= 11 is 0. The molecule has 0 N–H and O–H groups in total. The summed E-state index contributed by atoms with van der Waals surface area (Å²) in [6.07, 6.45) is -1.43. The fraction of sp³-hybridized carbons (Fsp3) is 0.643. The fourth-order valence-corrected chi connectivity index (χ4v) is 6.90. The first-order chi connectivity index (χ1) is 17.3. The molecule has 1 saturated heterocycles. The van der Waals surface area contributed by atoms with Crippen LogP contribution in [0.25, 0.3) is 0 Å². The molecule has 7 unspecified atom stereocenters. The topological polar surface area (TPSA) is 114 Å². The third-order valence-corrected chi connectivity index (χ3v) is 8.45.